The van der Waals surface area contributed by atoms with Crippen molar-refractivity contribution in [3.05, 3.63) is 39.8 Å². The first-order chi connectivity index (χ1) is 12.2. The van der Waals surface area contributed by atoms with Gasteiger partial charge >= 0.3 is 0 Å². The van der Waals surface area contributed by atoms with E-state index in [1.807, 2.05) is 12.1 Å². The molecule has 0 bridgehead atoms. The van der Waals surface area contributed by atoms with E-state index in [0.29, 0.717) is 16.2 Å². The Morgan fingerprint density at radius 1 is 0.960 bits per heavy atom. The van der Waals surface area contributed by atoms with Crippen molar-refractivity contribution in [3.8, 4) is 5.75 Å². The zero-order valence-electron chi connectivity index (χ0n) is 14.6. The number of rotatable bonds is 3. The zero-order chi connectivity index (χ0) is 17.2. The summed E-state index contributed by atoms with van der Waals surface area (Å²) in [6.45, 7) is 0. The summed E-state index contributed by atoms with van der Waals surface area (Å²) in [5.41, 5.74) is -0.112. The summed E-state index contributed by atoms with van der Waals surface area (Å²) >= 11 is 6.37. The van der Waals surface area contributed by atoms with Gasteiger partial charge in [0.05, 0.1) is 11.1 Å². The van der Waals surface area contributed by atoms with Crippen LogP contribution in [0, 0.1) is 11.8 Å². The molecule has 2 aliphatic carbocycles. The largest absolute Gasteiger partial charge is 0.489 e. The lowest BCUT2D eigenvalue weighted by atomic mass is 9.73. The summed E-state index contributed by atoms with van der Waals surface area (Å²) in [6, 6.07) is 5.51. The lowest BCUT2D eigenvalue weighted by Crippen LogP contribution is -2.28. The molecule has 4 rings (SSSR count). The Hall–Kier alpha value is -1.48. The van der Waals surface area contributed by atoms with Crippen molar-refractivity contribution in [2.75, 3.05) is 0 Å². The van der Waals surface area contributed by atoms with Gasteiger partial charge in [0.1, 0.15) is 5.75 Å². The third kappa shape index (κ3) is 3.72. The minimum atomic E-state index is -0.112. The molecule has 1 aromatic carbocycles. The fourth-order valence-electron chi connectivity index (χ4n) is 4.74. The molecule has 2 aliphatic rings. The van der Waals surface area contributed by atoms with Crippen molar-refractivity contribution in [1.82, 2.24) is 4.98 Å². The van der Waals surface area contributed by atoms with Crippen LogP contribution in [0.2, 0.25) is 5.02 Å². The zero-order valence-corrected chi connectivity index (χ0v) is 15.4. The van der Waals surface area contributed by atoms with Crippen LogP contribution < -0.4 is 10.3 Å². The summed E-state index contributed by atoms with van der Waals surface area (Å²) in [6.07, 6.45) is 13.8. The van der Waals surface area contributed by atoms with Crippen molar-refractivity contribution in [2.45, 2.75) is 63.9 Å². The van der Waals surface area contributed by atoms with Crippen LogP contribution >= 0.6 is 11.6 Å². The predicted molar refractivity (Wildman–Crippen MR) is 103 cm³/mol. The van der Waals surface area contributed by atoms with Crippen molar-refractivity contribution in [1.29, 1.82) is 0 Å². The molecule has 134 valence electrons. The molecule has 0 unspecified atom stereocenters. The van der Waals surface area contributed by atoms with Crippen LogP contribution in [-0.2, 0) is 0 Å². The molecular formula is C21H26ClNO2. The van der Waals surface area contributed by atoms with Gasteiger partial charge in [0.2, 0.25) is 0 Å². The second kappa shape index (κ2) is 7.41. The Morgan fingerprint density at radius 2 is 1.68 bits per heavy atom. The second-order valence-electron chi connectivity index (χ2n) is 7.73. The van der Waals surface area contributed by atoms with Gasteiger partial charge in [0, 0.05) is 11.6 Å². The third-order valence-electron chi connectivity index (χ3n) is 6.15. The van der Waals surface area contributed by atoms with Gasteiger partial charge in [-0.2, -0.15) is 0 Å². The molecule has 0 spiro atoms. The maximum atomic E-state index is 11.9. The second-order valence-corrected chi connectivity index (χ2v) is 8.14. The van der Waals surface area contributed by atoms with Gasteiger partial charge in [0.25, 0.3) is 5.56 Å². The van der Waals surface area contributed by atoms with E-state index >= 15 is 0 Å². The van der Waals surface area contributed by atoms with Crippen LogP contribution in [0.3, 0.4) is 0 Å². The van der Waals surface area contributed by atoms with Crippen LogP contribution in [0.4, 0.5) is 0 Å². The summed E-state index contributed by atoms with van der Waals surface area (Å²) in [7, 11) is 0. The van der Waals surface area contributed by atoms with Crippen molar-refractivity contribution in [3.63, 3.8) is 0 Å². The van der Waals surface area contributed by atoms with Gasteiger partial charge in [0.15, 0.2) is 0 Å². The average Bonchev–Trinajstić information content (AvgIpc) is 2.65. The molecule has 2 aromatic rings. The van der Waals surface area contributed by atoms with E-state index in [0.717, 1.165) is 30.1 Å². The SMILES string of the molecule is O=c1[nH]ccc2cc(OC3CCC(C4CCCCC4)CC3)c(Cl)cc12. The molecule has 0 amide bonds. The summed E-state index contributed by atoms with van der Waals surface area (Å²) in [4.78, 5) is 14.5. The molecule has 0 radical (unpaired) electrons. The molecular weight excluding hydrogens is 334 g/mol. The monoisotopic (exact) mass is 359 g/mol. The smallest absolute Gasteiger partial charge is 0.255 e. The van der Waals surface area contributed by atoms with Crippen LogP contribution in [0.15, 0.2) is 29.2 Å². The molecule has 1 heterocycles. The highest BCUT2D eigenvalue weighted by molar-refractivity contribution is 6.32. The molecule has 3 nitrogen and oxygen atoms in total. The Balaban J connectivity index is 1.42. The summed E-state index contributed by atoms with van der Waals surface area (Å²) < 4.78 is 6.23. The first-order valence-electron chi connectivity index (χ1n) is 9.68. The topological polar surface area (TPSA) is 42.1 Å². The predicted octanol–water partition coefficient (Wildman–Crippen LogP) is 5.70. The number of halogens is 1. The first-order valence-corrected chi connectivity index (χ1v) is 10.1. The van der Waals surface area contributed by atoms with Crippen LogP contribution in [0.5, 0.6) is 5.75 Å². The van der Waals surface area contributed by atoms with E-state index < -0.39 is 0 Å². The van der Waals surface area contributed by atoms with Crippen molar-refractivity contribution >= 4 is 22.4 Å². The first kappa shape index (κ1) is 17.0. The molecule has 25 heavy (non-hydrogen) atoms. The summed E-state index contributed by atoms with van der Waals surface area (Å²) in [5, 5.41) is 2.01. The highest BCUT2D eigenvalue weighted by atomic mass is 35.5. The minimum absolute atomic E-state index is 0.112. The van der Waals surface area contributed by atoms with Gasteiger partial charge in [-0.1, -0.05) is 43.7 Å². The number of fused-ring (bicyclic) bond motifs is 1. The molecule has 2 saturated carbocycles. The fraction of sp³-hybridized carbons (Fsp3) is 0.571. The van der Waals surface area contributed by atoms with E-state index in [4.69, 9.17) is 16.3 Å². The molecule has 0 atom stereocenters. The van der Waals surface area contributed by atoms with Crippen LogP contribution in [-0.4, -0.2) is 11.1 Å². The van der Waals surface area contributed by atoms with Gasteiger partial charge in [-0.05, 0) is 61.1 Å². The number of H-pyrrole nitrogens is 1. The normalized spacial score (nSPS) is 25.2. The molecule has 1 aromatic heterocycles. The number of hydrogen-bond acceptors (Lipinski definition) is 2. The van der Waals surface area contributed by atoms with E-state index in [2.05, 4.69) is 4.98 Å². The third-order valence-corrected chi connectivity index (χ3v) is 6.45. The number of aromatic nitrogens is 1. The van der Waals surface area contributed by atoms with Gasteiger partial charge < -0.3 is 9.72 Å². The molecule has 0 aliphatic heterocycles. The quantitative estimate of drug-likeness (QED) is 0.763. The van der Waals surface area contributed by atoms with E-state index in [9.17, 15) is 4.79 Å². The number of aromatic amines is 1. The van der Waals surface area contributed by atoms with E-state index in [1.54, 1.807) is 12.3 Å². The van der Waals surface area contributed by atoms with Crippen molar-refractivity contribution in [2.24, 2.45) is 11.8 Å². The molecule has 4 heteroatoms. The maximum Gasteiger partial charge on any atom is 0.255 e. The molecule has 2 fully saturated rings. The molecule has 1 N–H and O–H groups in total. The lowest BCUT2D eigenvalue weighted by molar-refractivity contribution is 0.0993. The number of ether oxygens (including phenoxy) is 1. The Bertz CT molecular complexity index is 786. The summed E-state index contributed by atoms with van der Waals surface area (Å²) in [5.74, 6) is 2.55. The Morgan fingerprint density at radius 3 is 2.44 bits per heavy atom. The number of benzene rings is 1. The van der Waals surface area contributed by atoms with Crippen LogP contribution in [0.25, 0.3) is 10.8 Å². The Kier molecular flexibility index (Phi) is 5.03. The van der Waals surface area contributed by atoms with Gasteiger partial charge in [-0.25, -0.2) is 0 Å². The number of nitrogens with one attached hydrogen (secondary N) is 1. The fourth-order valence-corrected chi connectivity index (χ4v) is 4.95. The minimum Gasteiger partial charge on any atom is -0.489 e. The van der Waals surface area contributed by atoms with E-state index in [-0.39, 0.29) is 11.7 Å². The van der Waals surface area contributed by atoms with Gasteiger partial charge in [-0.15, -0.1) is 0 Å². The lowest BCUT2D eigenvalue weighted by Gasteiger charge is -2.36. The van der Waals surface area contributed by atoms with Crippen molar-refractivity contribution < 1.29 is 4.74 Å². The Labute approximate surface area is 153 Å². The number of hydrogen-bond donors (Lipinski definition) is 1. The highest BCUT2D eigenvalue weighted by Crippen LogP contribution is 2.40. The highest BCUT2D eigenvalue weighted by Gasteiger charge is 2.29. The standard InChI is InChI=1S/C21H26ClNO2/c22-19-13-18-16(10-11-23-21(18)24)12-20(19)25-17-8-6-15(7-9-17)14-4-2-1-3-5-14/h10-15,17H,1-9H2,(H,23,24). The van der Waals surface area contributed by atoms with Crippen LogP contribution in [0.1, 0.15) is 57.8 Å². The average molecular weight is 360 g/mol. The van der Waals surface area contributed by atoms with Gasteiger partial charge in [-0.3, -0.25) is 4.79 Å². The van der Waals surface area contributed by atoms with E-state index in [1.165, 1.54) is 44.9 Å². The molecule has 0 saturated heterocycles. The maximum absolute atomic E-state index is 11.9. The number of pyridine rings is 1.